The Kier molecular flexibility index (Phi) is 5.49. The first-order valence-corrected chi connectivity index (χ1v) is 4.86. The second kappa shape index (κ2) is 6.09. The lowest BCUT2D eigenvalue weighted by Gasteiger charge is -2.17. The Morgan fingerprint density at radius 1 is 1.31 bits per heavy atom. The summed E-state index contributed by atoms with van der Waals surface area (Å²) in [6, 6.07) is 0. The van der Waals surface area contributed by atoms with E-state index in [0.29, 0.717) is 0 Å². The molecular formula is C10H17NO5. The summed E-state index contributed by atoms with van der Waals surface area (Å²) >= 11 is 0. The van der Waals surface area contributed by atoms with Crippen LogP contribution in [0.2, 0.25) is 0 Å². The molecule has 0 spiro atoms. The molecule has 0 unspecified atom stereocenters. The first-order chi connectivity index (χ1) is 7.29. The van der Waals surface area contributed by atoms with Gasteiger partial charge in [-0.05, 0) is 13.8 Å². The molecular weight excluding hydrogens is 214 g/mol. The molecule has 0 aromatic rings. The number of aliphatic carboxylic acids is 1. The number of amides is 1. The predicted molar refractivity (Wildman–Crippen MR) is 55.7 cm³/mol. The molecule has 0 saturated heterocycles. The van der Waals surface area contributed by atoms with E-state index < -0.39 is 23.3 Å². The van der Waals surface area contributed by atoms with Gasteiger partial charge >= 0.3 is 11.9 Å². The van der Waals surface area contributed by atoms with E-state index in [4.69, 9.17) is 5.11 Å². The van der Waals surface area contributed by atoms with Crippen molar-refractivity contribution < 1.29 is 24.2 Å². The van der Waals surface area contributed by atoms with E-state index >= 15 is 0 Å². The fourth-order valence-corrected chi connectivity index (χ4v) is 0.946. The van der Waals surface area contributed by atoms with Gasteiger partial charge in [0.05, 0.1) is 18.9 Å². The number of methoxy groups -OCH3 is 1. The third-order valence-corrected chi connectivity index (χ3v) is 2.06. The highest BCUT2D eigenvalue weighted by molar-refractivity contribution is 5.84. The maximum absolute atomic E-state index is 11.3. The molecule has 0 aliphatic heterocycles. The van der Waals surface area contributed by atoms with E-state index in [9.17, 15) is 14.4 Å². The number of hydrogen-bond acceptors (Lipinski definition) is 4. The lowest BCUT2D eigenvalue weighted by Crippen LogP contribution is -2.34. The largest absolute Gasteiger partial charge is 0.481 e. The van der Waals surface area contributed by atoms with Crippen LogP contribution in [0.3, 0.4) is 0 Å². The average molecular weight is 231 g/mol. The van der Waals surface area contributed by atoms with Crippen LogP contribution >= 0.6 is 0 Å². The molecule has 0 rings (SSSR count). The summed E-state index contributed by atoms with van der Waals surface area (Å²) in [5.74, 6) is -1.84. The van der Waals surface area contributed by atoms with Gasteiger partial charge in [0.2, 0.25) is 5.91 Å². The summed E-state index contributed by atoms with van der Waals surface area (Å²) in [7, 11) is 1.26. The first-order valence-electron chi connectivity index (χ1n) is 4.86. The molecule has 6 nitrogen and oxygen atoms in total. The summed E-state index contributed by atoms with van der Waals surface area (Å²) in [5, 5.41) is 11.2. The van der Waals surface area contributed by atoms with Crippen LogP contribution in [0, 0.1) is 5.41 Å². The number of carbonyl (C=O) groups is 3. The van der Waals surface area contributed by atoms with Crippen LogP contribution in [-0.4, -0.2) is 36.6 Å². The summed E-state index contributed by atoms with van der Waals surface area (Å²) in [4.78, 5) is 32.8. The molecule has 0 heterocycles. The zero-order valence-electron chi connectivity index (χ0n) is 9.70. The van der Waals surface area contributed by atoms with Gasteiger partial charge in [-0.15, -0.1) is 0 Å². The molecule has 0 radical (unpaired) electrons. The van der Waals surface area contributed by atoms with Crippen molar-refractivity contribution in [3.05, 3.63) is 0 Å². The first kappa shape index (κ1) is 14.4. The van der Waals surface area contributed by atoms with Gasteiger partial charge in [-0.3, -0.25) is 14.4 Å². The van der Waals surface area contributed by atoms with Gasteiger partial charge in [0, 0.05) is 13.0 Å². The van der Waals surface area contributed by atoms with Crippen molar-refractivity contribution in [3.63, 3.8) is 0 Å². The Morgan fingerprint density at radius 3 is 2.31 bits per heavy atom. The fourth-order valence-electron chi connectivity index (χ4n) is 0.946. The van der Waals surface area contributed by atoms with Gasteiger partial charge in [-0.2, -0.15) is 0 Å². The van der Waals surface area contributed by atoms with Gasteiger partial charge in [-0.25, -0.2) is 0 Å². The molecule has 92 valence electrons. The van der Waals surface area contributed by atoms with Crippen LogP contribution < -0.4 is 5.32 Å². The lowest BCUT2D eigenvalue weighted by molar-refractivity contribution is -0.149. The van der Waals surface area contributed by atoms with Crippen molar-refractivity contribution in [1.82, 2.24) is 5.32 Å². The van der Waals surface area contributed by atoms with Crippen molar-refractivity contribution in [3.8, 4) is 0 Å². The zero-order chi connectivity index (χ0) is 12.8. The van der Waals surface area contributed by atoms with E-state index in [2.05, 4.69) is 10.1 Å². The standard InChI is InChI=1S/C10H17NO5/c1-10(2,9(14)15)6-7(12)11-5-4-8(13)16-3/h4-6H2,1-3H3,(H,11,12)(H,14,15). The van der Waals surface area contributed by atoms with Crippen LogP contribution in [0.4, 0.5) is 0 Å². The van der Waals surface area contributed by atoms with Crippen molar-refractivity contribution in [2.75, 3.05) is 13.7 Å². The number of nitrogens with one attached hydrogen (secondary N) is 1. The third-order valence-electron chi connectivity index (χ3n) is 2.06. The number of ether oxygens (including phenoxy) is 1. The number of carboxylic acid groups (broad SMARTS) is 1. The Bertz CT molecular complexity index is 285. The van der Waals surface area contributed by atoms with Crippen molar-refractivity contribution in [1.29, 1.82) is 0 Å². The Balaban J connectivity index is 3.92. The van der Waals surface area contributed by atoms with Crippen LogP contribution in [0.5, 0.6) is 0 Å². The second-order valence-electron chi connectivity index (χ2n) is 4.04. The SMILES string of the molecule is COC(=O)CCNC(=O)CC(C)(C)C(=O)O. The molecule has 0 aromatic heterocycles. The van der Waals surface area contributed by atoms with E-state index in [-0.39, 0.29) is 19.4 Å². The molecule has 0 aromatic carbocycles. The predicted octanol–water partition coefficient (Wildman–Crippen LogP) is 0.167. The maximum Gasteiger partial charge on any atom is 0.309 e. The Hall–Kier alpha value is -1.59. The van der Waals surface area contributed by atoms with Crippen LogP contribution in [0.25, 0.3) is 0 Å². The highest BCUT2D eigenvalue weighted by Crippen LogP contribution is 2.19. The number of rotatable bonds is 6. The number of hydrogen-bond donors (Lipinski definition) is 2. The Labute approximate surface area is 94.0 Å². The zero-order valence-corrected chi connectivity index (χ0v) is 9.70. The van der Waals surface area contributed by atoms with Gasteiger partial charge in [-0.1, -0.05) is 0 Å². The van der Waals surface area contributed by atoms with Crippen molar-refractivity contribution in [2.24, 2.45) is 5.41 Å². The average Bonchev–Trinajstić information content (AvgIpc) is 2.16. The van der Waals surface area contributed by atoms with E-state index in [1.54, 1.807) is 0 Å². The highest BCUT2D eigenvalue weighted by Gasteiger charge is 2.29. The minimum absolute atomic E-state index is 0.0791. The molecule has 16 heavy (non-hydrogen) atoms. The molecule has 2 N–H and O–H groups in total. The van der Waals surface area contributed by atoms with Crippen LogP contribution in [0.1, 0.15) is 26.7 Å². The molecule has 0 fully saturated rings. The number of carboxylic acids is 1. The summed E-state index contributed by atoms with van der Waals surface area (Å²) in [6.07, 6.45) is -0.0424. The maximum atomic E-state index is 11.3. The smallest absolute Gasteiger partial charge is 0.309 e. The van der Waals surface area contributed by atoms with Gasteiger partial charge < -0.3 is 15.2 Å². The minimum Gasteiger partial charge on any atom is -0.481 e. The topological polar surface area (TPSA) is 92.7 Å². The molecule has 6 heteroatoms. The van der Waals surface area contributed by atoms with Crippen LogP contribution in [0.15, 0.2) is 0 Å². The van der Waals surface area contributed by atoms with Gasteiger partial charge in [0.15, 0.2) is 0 Å². The van der Waals surface area contributed by atoms with Gasteiger partial charge in [0.1, 0.15) is 0 Å². The van der Waals surface area contributed by atoms with E-state index in [1.165, 1.54) is 21.0 Å². The van der Waals surface area contributed by atoms with Crippen molar-refractivity contribution in [2.45, 2.75) is 26.7 Å². The normalized spacial score (nSPS) is 10.7. The molecule has 0 atom stereocenters. The molecule has 0 aliphatic rings. The van der Waals surface area contributed by atoms with E-state index in [1.807, 2.05) is 0 Å². The molecule has 1 amide bonds. The number of esters is 1. The molecule has 0 aliphatic carbocycles. The Morgan fingerprint density at radius 2 is 1.88 bits per heavy atom. The minimum atomic E-state index is -1.10. The quantitative estimate of drug-likeness (QED) is 0.635. The van der Waals surface area contributed by atoms with Crippen LogP contribution in [-0.2, 0) is 19.1 Å². The lowest BCUT2D eigenvalue weighted by atomic mass is 9.89. The summed E-state index contributed by atoms with van der Waals surface area (Å²) in [5.41, 5.74) is -1.10. The third kappa shape index (κ3) is 5.33. The fraction of sp³-hybridized carbons (Fsp3) is 0.700. The van der Waals surface area contributed by atoms with E-state index in [0.717, 1.165) is 0 Å². The molecule has 0 bridgehead atoms. The monoisotopic (exact) mass is 231 g/mol. The van der Waals surface area contributed by atoms with Gasteiger partial charge in [0.25, 0.3) is 0 Å². The number of carbonyl (C=O) groups excluding carboxylic acids is 2. The molecule has 0 saturated carbocycles. The summed E-state index contributed by atoms with van der Waals surface area (Å²) < 4.78 is 4.39. The second-order valence-corrected chi connectivity index (χ2v) is 4.04. The highest BCUT2D eigenvalue weighted by atomic mass is 16.5. The summed E-state index contributed by atoms with van der Waals surface area (Å²) in [6.45, 7) is 3.09. The van der Waals surface area contributed by atoms with Crippen molar-refractivity contribution >= 4 is 17.8 Å².